The quantitative estimate of drug-likeness (QED) is 0.857. The van der Waals surface area contributed by atoms with Crippen LogP contribution in [-0.4, -0.2) is 18.5 Å². The molecule has 1 saturated carbocycles. The van der Waals surface area contributed by atoms with Gasteiger partial charge in [-0.05, 0) is 62.8 Å². The average Bonchev–Trinajstić information content (AvgIpc) is 2.45. The van der Waals surface area contributed by atoms with Crippen molar-refractivity contribution in [2.75, 3.05) is 11.9 Å². The molecular formula is C18H28N2O. The Morgan fingerprint density at radius 3 is 2.57 bits per heavy atom. The van der Waals surface area contributed by atoms with E-state index in [9.17, 15) is 4.79 Å². The number of nitrogens with one attached hydrogen (secondary N) is 2. The lowest BCUT2D eigenvalue weighted by molar-refractivity contribution is 0.0943. The summed E-state index contributed by atoms with van der Waals surface area (Å²) in [4.78, 5) is 11.9. The van der Waals surface area contributed by atoms with Crippen molar-refractivity contribution in [3.63, 3.8) is 0 Å². The minimum absolute atomic E-state index is 0.00217. The normalized spacial score (nSPS) is 22.1. The summed E-state index contributed by atoms with van der Waals surface area (Å²) in [6.07, 6.45) is 5.42. The summed E-state index contributed by atoms with van der Waals surface area (Å²) in [5.74, 6) is 1.66. The Hall–Kier alpha value is -1.51. The lowest BCUT2D eigenvalue weighted by Crippen LogP contribution is -2.30. The molecule has 0 aromatic heterocycles. The Morgan fingerprint density at radius 1 is 1.24 bits per heavy atom. The summed E-state index contributed by atoms with van der Waals surface area (Å²) in [6.45, 7) is 7.34. The number of anilines is 1. The van der Waals surface area contributed by atoms with Crippen molar-refractivity contribution in [1.29, 1.82) is 0 Å². The summed E-state index contributed by atoms with van der Waals surface area (Å²) in [7, 11) is 0. The van der Waals surface area contributed by atoms with Gasteiger partial charge in [-0.25, -0.2) is 0 Å². The summed E-state index contributed by atoms with van der Waals surface area (Å²) >= 11 is 0. The zero-order chi connectivity index (χ0) is 15.2. The van der Waals surface area contributed by atoms with Crippen LogP contribution in [0.5, 0.6) is 0 Å². The Kier molecular flexibility index (Phi) is 5.66. The van der Waals surface area contributed by atoms with E-state index in [1.54, 1.807) is 0 Å². The second kappa shape index (κ2) is 7.48. The zero-order valence-electron chi connectivity index (χ0n) is 13.5. The number of hydrogen-bond donors (Lipinski definition) is 2. The maximum absolute atomic E-state index is 11.9. The van der Waals surface area contributed by atoms with Crippen molar-refractivity contribution in [2.24, 2.45) is 11.8 Å². The average molecular weight is 288 g/mol. The van der Waals surface area contributed by atoms with Crippen molar-refractivity contribution in [2.45, 2.75) is 52.5 Å². The molecule has 0 bridgehead atoms. The van der Waals surface area contributed by atoms with Crippen molar-refractivity contribution in [3.05, 3.63) is 29.8 Å². The molecule has 1 aromatic carbocycles. The van der Waals surface area contributed by atoms with Crippen LogP contribution in [0.1, 0.15) is 56.8 Å². The third-order valence-electron chi connectivity index (χ3n) is 4.21. The first kappa shape index (κ1) is 15.9. The van der Waals surface area contributed by atoms with Gasteiger partial charge in [0.05, 0.1) is 0 Å². The molecule has 3 heteroatoms. The van der Waals surface area contributed by atoms with Gasteiger partial charge in [0.25, 0.3) is 5.91 Å². The van der Waals surface area contributed by atoms with Gasteiger partial charge in [0.1, 0.15) is 0 Å². The fourth-order valence-electron chi connectivity index (χ4n) is 3.09. The van der Waals surface area contributed by atoms with E-state index in [0.29, 0.717) is 0 Å². The number of hydrogen-bond acceptors (Lipinski definition) is 2. The molecule has 0 spiro atoms. The number of carbonyl (C=O) groups excluding carboxylic acids is 1. The van der Waals surface area contributed by atoms with E-state index >= 15 is 0 Å². The van der Waals surface area contributed by atoms with E-state index in [0.717, 1.165) is 29.6 Å². The second-order valence-electron chi connectivity index (χ2n) is 6.72. The van der Waals surface area contributed by atoms with Gasteiger partial charge < -0.3 is 10.6 Å². The highest BCUT2D eigenvalue weighted by atomic mass is 16.1. The highest BCUT2D eigenvalue weighted by Crippen LogP contribution is 2.28. The van der Waals surface area contributed by atoms with Crippen LogP contribution in [0, 0.1) is 11.8 Å². The van der Waals surface area contributed by atoms with Crippen molar-refractivity contribution in [1.82, 2.24) is 5.32 Å². The smallest absolute Gasteiger partial charge is 0.251 e. The SMILES string of the molecule is CC1CCCC(CNc2ccc(C(=O)NC(C)C)cc2)C1. The molecule has 0 aliphatic heterocycles. The Bertz CT molecular complexity index is 453. The van der Waals surface area contributed by atoms with Crippen LogP contribution >= 0.6 is 0 Å². The number of benzene rings is 1. The number of carbonyl (C=O) groups is 1. The van der Waals surface area contributed by atoms with Gasteiger partial charge >= 0.3 is 0 Å². The molecule has 2 N–H and O–H groups in total. The number of amides is 1. The molecule has 2 rings (SSSR count). The molecule has 1 fully saturated rings. The summed E-state index contributed by atoms with van der Waals surface area (Å²) in [5, 5.41) is 6.42. The lowest BCUT2D eigenvalue weighted by Gasteiger charge is -2.27. The highest BCUT2D eigenvalue weighted by molar-refractivity contribution is 5.94. The van der Waals surface area contributed by atoms with Gasteiger partial charge in [0.15, 0.2) is 0 Å². The number of rotatable bonds is 5. The molecule has 0 saturated heterocycles. The van der Waals surface area contributed by atoms with Crippen LogP contribution in [0.25, 0.3) is 0 Å². The van der Waals surface area contributed by atoms with Crippen molar-refractivity contribution < 1.29 is 4.79 Å². The van der Waals surface area contributed by atoms with Crippen LogP contribution < -0.4 is 10.6 Å². The molecule has 2 unspecified atom stereocenters. The van der Waals surface area contributed by atoms with Crippen LogP contribution in [0.15, 0.2) is 24.3 Å². The standard InChI is InChI=1S/C18H28N2O/c1-13(2)20-18(21)16-7-9-17(10-8-16)19-12-15-6-4-5-14(3)11-15/h7-10,13-15,19H,4-6,11-12H2,1-3H3,(H,20,21). The van der Waals surface area contributed by atoms with Crippen LogP contribution in [0.2, 0.25) is 0 Å². The third kappa shape index (κ3) is 5.07. The minimum atomic E-state index is -0.00217. The van der Waals surface area contributed by atoms with E-state index < -0.39 is 0 Å². The summed E-state index contributed by atoms with van der Waals surface area (Å²) in [6, 6.07) is 7.96. The molecule has 2 atom stereocenters. The zero-order valence-corrected chi connectivity index (χ0v) is 13.5. The van der Waals surface area contributed by atoms with Crippen molar-refractivity contribution >= 4 is 11.6 Å². The van der Waals surface area contributed by atoms with Gasteiger partial charge in [-0.15, -0.1) is 0 Å². The van der Waals surface area contributed by atoms with Crippen LogP contribution in [0.3, 0.4) is 0 Å². The van der Waals surface area contributed by atoms with E-state index in [4.69, 9.17) is 0 Å². The monoisotopic (exact) mass is 288 g/mol. The molecule has 1 aliphatic carbocycles. The fraction of sp³-hybridized carbons (Fsp3) is 0.611. The van der Waals surface area contributed by atoms with E-state index in [-0.39, 0.29) is 11.9 Å². The van der Waals surface area contributed by atoms with E-state index in [2.05, 4.69) is 17.6 Å². The first-order valence-corrected chi connectivity index (χ1v) is 8.19. The Morgan fingerprint density at radius 2 is 1.95 bits per heavy atom. The van der Waals surface area contributed by atoms with Crippen LogP contribution in [-0.2, 0) is 0 Å². The predicted molar refractivity (Wildman–Crippen MR) is 88.7 cm³/mol. The van der Waals surface area contributed by atoms with E-state index in [1.165, 1.54) is 25.7 Å². The minimum Gasteiger partial charge on any atom is -0.385 e. The van der Waals surface area contributed by atoms with Crippen LogP contribution in [0.4, 0.5) is 5.69 Å². The molecule has 0 radical (unpaired) electrons. The van der Waals surface area contributed by atoms with Gasteiger partial charge in [-0.3, -0.25) is 4.79 Å². The summed E-state index contributed by atoms with van der Waals surface area (Å²) in [5.41, 5.74) is 1.83. The molecule has 1 aliphatic rings. The topological polar surface area (TPSA) is 41.1 Å². The molecule has 1 amide bonds. The van der Waals surface area contributed by atoms with Gasteiger partial charge in [0, 0.05) is 23.8 Å². The molecule has 3 nitrogen and oxygen atoms in total. The summed E-state index contributed by atoms with van der Waals surface area (Å²) < 4.78 is 0. The maximum atomic E-state index is 11.9. The molecule has 21 heavy (non-hydrogen) atoms. The van der Waals surface area contributed by atoms with Gasteiger partial charge in [-0.2, -0.15) is 0 Å². The third-order valence-corrected chi connectivity index (χ3v) is 4.21. The van der Waals surface area contributed by atoms with Gasteiger partial charge in [-0.1, -0.05) is 19.8 Å². The fourth-order valence-corrected chi connectivity index (χ4v) is 3.09. The van der Waals surface area contributed by atoms with Gasteiger partial charge in [0.2, 0.25) is 0 Å². The Labute approximate surface area is 128 Å². The van der Waals surface area contributed by atoms with Crippen molar-refractivity contribution in [3.8, 4) is 0 Å². The first-order valence-electron chi connectivity index (χ1n) is 8.19. The highest BCUT2D eigenvalue weighted by Gasteiger charge is 2.18. The first-order chi connectivity index (χ1) is 10.0. The predicted octanol–water partition coefficient (Wildman–Crippen LogP) is 4.06. The molecule has 0 heterocycles. The van der Waals surface area contributed by atoms with E-state index in [1.807, 2.05) is 38.1 Å². The lowest BCUT2D eigenvalue weighted by atomic mass is 9.82. The Balaban J connectivity index is 1.83. The second-order valence-corrected chi connectivity index (χ2v) is 6.72. The molecule has 116 valence electrons. The molecular weight excluding hydrogens is 260 g/mol. The largest absolute Gasteiger partial charge is 0.385 e. The molecule has 1 aromatic rings. The maximum Gasteiger partial charge on any atom is 0.251 e.